The number of hydrogen-bond donors (Lipinski definition) is 0. The van der Waals surface area contributed by atoms with Crippen molar-refractivity contribution in [3.05, 3.63) is 70.0 Å². The minimum Gasteiger partial charge on any atom is -0.497 e. The van der Waals surface area contributed by atoms with Crippen LogP contribution in [-0.4, -0.2) is 38.3 Å². The predicted octanol–water partition coefficient (Wildman–Crippen LogP) is 4.97. The van der Waals surface area contributed by atoms with Gasteiger partial charge in [0.1, 0.15) is 11.5 Å². The molecule has 0 radical (unpaired) electrons. The number of carbonyl (C=O) groups excluding carboxylic acids is 1. The summed E-state index contributed by atoms with van der Waals surface area (Å²) in [6.07, 6.45) is -0.369. The molecule has 0 fully saturated rings. The van der Waals surface area contributed by atoms with Gasteiger partial charge in [-0.15, -0.1) is 10.2 Å². The van der Waals surface area contributed by atoms with Crippen molar-refractivity contribution in [3.63, 3.8) is 0 Å². The normalized spacial score (nSPS) is 11.9. The van der Waals surface area contributed by atoms with Crippen molar-refractivity contribution in [1.29, 1.82) is 0 Å². The highest BCUT2D eigenvalue weighted by molar-refractivity contribution is 7.99. The number of thioether (sulfide) groups is 1. The van der Waals surface area contributed by atoms with Crippen LogP contribution in [0.5, 0.6) is 11.5 Å². The monoisotopic (exact) mass is 470 g/mol. The Labute approximate surface area is 196 Å². The number of Topliss-reactive ketones (excluding diaryl/α,β-unsaturated/α-hetero) is 1. The molecule has 0 bridgehead atoms. The molecule has 0 aliphatic carbocycles. The van der Waals surface area contributed by atoms with Gasteiger partial charge in [0.25, 0.3) is 5.69 Å². The van der Waals surface area contributed by atoms with Gasteiger partial charge in [-0.05, 0) is 37.1 Å². The largest absolute Gasteiger partial charge is 0.497 e. The van der Waals surface area contributed by atoms with E-state index in [0.29, 0.717) is 34.8 Å². The van der Waals surface area contributed by atoms with Crippen molar-refractivity contribution in [1.82, 2.24) is 14.8 Å². The quantitative estimate of drug-likeness (QED) is 0.167. The molecule has 3 rings (SSSR count). The van der Waals surface area contributed by atoms with Crippen LogP contribution < -0.4 is 9.47 Å². The summed E-state index contributed by atoms with van der Waals surface area (Å²) in [5.41, 5.74) is 0.184. The van der Waals surface area contributed by atoms with Gasteiger partial charge in [-0.3, -0.25) is 14.9 Å². The minimum atomic E-state index is -0.514. The van der Waals surface area contributed by atoms with E-state index in [2.05, 4.69) is 24.0 Å². The summed E-state index contributed by atoms with van der Waals surface area (Å²) < 4.78 is 13.2. The van der Waals surface area contributed by atoms with Gasteiger partial charge in [-0.1, -0.05) is 37.7 Å². The fourth-order valence-electron chi connectivity index (χ4n) is 3.16. The molecule has 33 heavy (non-hydrogen) atoms. The molecule has 0 saturated heterocycles. The van der Waals surface area contributed by atoms with E-state index in [1.807, 2.05) is 35.8 Å². The third kappa shape index (κ3) is 6.32. The van der Waals surface area contributed by atoms with Crippen LogP contribution >= 0.6 is 11.8 Å². The van der Waals surface area contributed by atoms with Gasteiger partial charge in [0, 0.05) is 24.2 Å². The van der Waals surface area contributed by atoms with Gasteiger partial charge < -0.3 is 14.0 Å². The number of methoxy groups -OCH3 is 1. The lowest BCUT2D eigenvalue weighted by atomic mass is 10.1. The second kappa shape index (κ2) is 11.0. The van der Waals surface area contributed by atoms with Gasteiger partial charge in [-0.2, -0.15) is 0 Å². The third-order valence-corrected chi connectivity index (χ3v) is 5.71. The van der Waals surface area contributed by atoms with E-state index in [1.54, 1.807) is 13.2 Å². The summed E-state index contributed by atoms with van der Waals surface area (Å²) in [5.74, 6) is 2.27. The molecule has 10 heteroatoms. The van der Waals surface area contributed by atoms with Crippen LogP contribution in [0.15, 0.2) is 53.7 Å². The van der Waals surface area contributed by atoms with E-state index in [-0.39, 0.29) is 23.3 Å². The number of hydrogen-bond acceptors (Lipinski definition) is 8. The zero-order valence-corrected chi connectivity index (χ0v) is 19.7. The Bertz CT molecular complexity index is 1110. The first kappa shape index (κ1) is 24.2. The average Bonchev–Trinajstić information content (AvgIpc) is 3.19. The van der Waals surface area contributed by atoms with Gasteiger partial charge in [0.15, 0.2) is 22.9 Å². The predicted molar refractivity (Wildman–Crippen MR) is 125 cm³/mol. The number of nitro benzene ring substituents is 1. The summed E-state index contributed by atoms with van der Waals surface area (Å²) in [7, 11) is 1.61. The number of nitrogens with zero attached hydrogens (tertiary/aromatic N) is 4. The molecule has 0 N–H and O–H groups in total. The van der Waals surface area contributed by atoms with E-state index in [4.69, 9.17) is 9.47 Å². The van der Waals surface area contributed by atoms with Crippen molar-refractivity contribution >= 4 is 23.2 Å². The zero-order chi connectivity index (χ0) is 24.0. The maximum Gasteiger partial charge on any atom is 0.270 e. The van der Waals surface area contributed by atoms with Crippen LogP contribution in [0, 0.1) is 16.0 Å². The third-order valence-electron chi connectivity index (χ3n) is 4.74. The molecule has 2 aromatic carbocycles. The smallest absolute Gasteiger partial charge is 0.270 e. The number of nitro groups is 1. The molecular weight excluding hydrogens is 444 g/mol. The molecule has 1 atom stereocenters. The van der Waals surface area contributed by atoms with Crippen molar-refractivity contribution in [2.75, 3.05) is 12.9 Å². The molecular formula is C23H26N4O5S. The number of rotatable bonds is 11. The van der Waals surface area contributed by atoms with Crippen molar-refractivity contribution in [2.24, 2.45) is 5.92 Å². The van der Waals surface area contributed by atoms with Crippen LogP contribution in [0.25, 0.3) is 0 Å². The van der Waals surface area contributed by atoms with Crippen LogP contribution in [-0.2, 0) is 6.54 Å². The molecule has 9 nitrogen and oxygen atoms in total. The summed E-state index contributed by atoms with van der Waals surface area (Å²) in [5, 5.41) is 20.2. The number of non-ortho nitro benzene ring substituents is 1. The van der Waals surface area contributed by atoms with Crippen molar-refractivity contribution in [3.8, 4) is 11.5 Å². The standard InChI is InChI=1S/C23H26N4O5S/c1-15(2)13-26-22(16(3)32-20-10-8-19(31-4)9-11-20)24-25-23(26)33-14-21(28)17-6-5-7-18(12-17)27(29)30/h5-12,15-16H,13-14H2,1-4H3. The summed E-state index contributed by atoms with van der Waals surface area (Å²) in [6.45, 7) is 6.72. The van der Waals surface area contributed by atoms with E-state index in [1.165, 1.54) is 30.0 Å². The number of ketones is 1. The average molecular weight is 471 g/mol. The van der Waals surface area contributed by atoms with Crippen LogP contribution in [0.3, 0.4) is 0 Å². The van der Waals surface area contributed by atoms with Gasteiger partial charge in [0.2, 0.25) is 0 Å². The first-order chi connectivity index (χ1) is 15.8. The van der Waals surface area contributed by atoms with Crippen molar-refractivity contribution < 1.29 is 19.2 Å². The van der Waals surface area contributed by atoms with Crippen molar-refractivity contribution in [2.45, 2.75) is 38.6 Å². The number of carbonyl (C=O) groups is 1. The highest BCUT2D eigenvalue weighted by Gasteiger charge is 2.21. The maximum absolute atomic E-state index is 12.6. The van der Waals surface area contributed by atoms with E-state index in [9.17, 15) is 14.9 Å². The second-order valence-corrected chi connectivity index (χ2v) is 8.74. The lowest BCUT2D eigenvalue weighted by Crippen LogP contribution is -2.15. The van der Waals surface area contributed by atoms with Crippen LogP contribution in [0.4, 0.5) is 5.69 Å². The molecule has 1 aromatic heterocycles. The highest BCUT2D eigenvalue weighted by atomic mass is 32.2. The Hall–Kier alpha value is -3.40. The highest BCUT2D eigenvalue weighted by Crippen LogP contribution is 2.27. The maximum atomic E-state index is 12.6. The fourth-order valence-corrected chi connectivity index (χ4v) is 4.01. The van der Waals surface area contributed by atoms with Gasteiger partial charge in [-0.25, -0.2) is 0 Å². The van der Waals surface area contributed by atoms with Crippen LogP contribution in [0.1, 0.15) is 43.1 Å². The Kier molecular flexibility index (Phi) is 8.05. The molecule has 0 saturated carbocycles. The summed E-state index contributed by atoms with van der Waals surface area (Å²) in [4.78, 5) is 23.1. The van der Waals surface area contributed by atoms with E-state index < -0.39 is 4.92 Å². The lowest BCUT2D eigenvalue weighted by molar-refractivity contribution is -0.384. The minimum absolute atomic E-state index is 0.0884. The molecule has 0 aliphatic heterocycles. The lowest BCUT2D eigenvalue weighted by Gasteiger charge is -2.18. The Balaban J connectivity index is 1.75. The Morgan fingerprint density at radius 3 is 2.45 bits per heavy atom. The molecule has 174 valence electrons. The van der Waals surface area contributed by atoms with Crippen LogP contribution in [0.2, 0.25) is 0 Å². The molecule has 3 aromatic rings. The molecule has 0 amide bonds. The fraction of sp³-hybridized carbons (Fsp3) is 0.348. The molecule has 0 aliphatic rings. The van der Waals surface area contributed by atoms with E-state index >= 15 is 0 Å². The second-order valence-electron chi connectivity index (χ2n) is 7.80. The van der Waals surface area contributed by atoms with Gasteiger partial charge in [0.05, 0.1) is 17.8 Å². The zero-order valence-electron chi connectivity index (χ0n) is 18.9. The van der Waals surface area contributed by atoms with Gasteiger partial charge >= 0.3 is 0 Å². The first-order valence-corrected chi connectivity index (χ1v) is 11.4. The molecule has 1 unspecified atom stereocenters. The topological polar surface area (TPSA) is 109 Å². The van der Waals surface area contributed by atoms with E-state index in [0.717, 1.165) is 5.75 Å². The number of benzene rings is 2. The molecule has 0 spiro atoms. The SMILES string of the molecule is COc1ccc(OC(C)c2nnc(SCC(=O)c3cccc([N+](=O)[O-])c3)n2CC(C)C)cc1. The Morgan fingerprint density at radius 2 is 1.82 bits per heavy atom. The Morgan fingerprint density at radius 1 is 1.12 bits per heavy atom. The first-order valence-electron chi connectivity index (χ1n) is 10.4. The molecule has 1 heterocycles. The number of ether oxygens (including phenoxy) is 2. The number of aromatic nitrogens is 3. The summed E-state index contributed by atoms with van der Waals surface area (Å²) in [6, 6.07) is 13.0. The summed E-state index contributed by atoms with van der Waals surface area (Å²) >= 11 is 1.25.